The second-order valence-electron chi connectivity index (χ2n) is 15.7. The van der Waals surface area contributed by atoms with Crippen molar-refractivity contribution in [1.82, 2.24) is 0 Å². The molecule has 0 spiro atoms. The zero-order valence-electron chi connectivity index (χ0n) is 39.5. The lowest BCUT2D eigenvalue weighted by Gasteiger charge is -2.08. The van der Waals surface area contributed by atoms with E-state index in [0.717, 1.165) is 87.3 Å². The Bertz CT molecular complexity index is 3230. The molecule has 0 amide bonds. The number of rotatable bonds is 14. The molecular formula is C62H49BrN8S2. The van der Waals surface area contributed by atoms with Crippen molar-refractivity contribution in [2.45, 2.75) is 0 Å². The molecule has 8 nitrogen and oxygen atoms in total. The van der Waals surface area contributed by atoms with Crippen molar-refractivity contribution in [3.63, 3.8) is 0 Å². The second kappa shape index (κ2) is 27.6. The van der Waals surface area contributed by atoms with E-state index in [1.807, 2.05) is 241 Å². The number of halogens is 1. The molecule has 356 valence electrons. The molecule has 0 aliphatic rings. The molecule has 0 bridgehead atoms. The SMILES string of the molecule is Brc1ccsc1/C=N/N=C(c1ccccc1)c1ccccc1.C(=N\N=C(c1ccccc1)c1ccccc1)/c1sccc1NN=C(c1ccccc1)c1ccccc1.NN=C(c1ccccc1)c1ccccc1. The van der Waals surface area contributed by atoms with Gasteiger partial charge in [0, 0.05) is 49.0 Å². The molecule has 8 aromatic carbocycles. The summed E-state index contributed by atoms with van der Waals surface area (Å²) in [5.41, 5.74) is 15.8. The Labute approximate surface area is 442 Å². The van der Waals surface area contributed by atoms with E-state index >= 15 is 0 Å². The van der Waals surface area contributed by atoms with Gasteiger partial charge in [0.25, 0.3) is 0 Å². The van der Waals surface area contributed by atoms with Gasteiger partial charge in [0.1, 0.15) is 11.4 Å². The Kier molecular flexibility index (Phi) is 19.1. The highest BCUT2D eigenvalue weighted by Gasteiger charge is 2.10. The van der Waals surface area contributed by atoms with Gasteiger partial charge >= 0.3 is 0 Å². The maximum absolute atomic E-state index is 5.42. The number of nitrogens with one attached hydrogen (secondary N) is 1. The molecule has 11 heteroatoms. The monoisotopic (exact) mass is 1050 g/mol. The van der Waals surface area contributed by atoms with Gasteiger partial charge in [-0.3, -0.25) is 5.43 Å². The van der Waals surface area contributed by atoms with E-state index in [0.29, 0.717) is 0 Å². The van der Waals surface area contributed by atoms with Crippen molar-refractivity contribution < 1.29 is 0 Å². The first-order chi connectivity index (χ1) is 36.1. The predicted molar refractivity (Wildman–Crippen MR) is 313 cm³/mol. The number of benzene rings is 8. The van der Waals surface area contributed by atoms with Gasteiger partial charge in [-0.25, -0.2) is 0 Å². The summed E-state index contributed by atoms with van der Waals surface area (Å²) < 4.78 is 1.04. The van der Waals surface area contributed by atoms with Gasteiger partial charge in [-0.15, -0.1) is 32.9 Å². The van der Waals surface area contributed by atoms with Crippen molar-refractivity contribution >= 4 is 79.6 Å². The molecule has 0 radical (unpaired) electrons. The number of thiophene rings is 2. The summed E-state index contributed by atoms with van der Waals surface area (Å²) in [4.78, 5) is 2.01. The number of anilines is 1. The number of hydrazone groups is 2. The molecule has 3 N–H and O–H groups in total. The minimum Gasteiger partial charge on any atom is -0.323 e. The molecule has 0 saturated heterocycles. The predicted octanol–water partition coefficient (Wildman–Crippen LogP) is 15.3. The fourth-order valence-corrected chi connectivity index (χ4v) is 9.28. The van der Waals surface area contributed by atoms with Crippen molar-refractivity contribution in [3.8, 4) is 0 Å². The van der Waals surface area contributed by atoms with Crippen LogP contribution in [0.2, 0.25) is 0 Å². The Balaban J connectivity index is 0.000000162. The van der Waals surface area contributed by atoms with E-state index < -0.39 is 0 Å². The largest absolute Gasteiger partial charge is 0.323 e. The van der Waals surface area contributed by atoms with Crippen LogP contribution in [-0.4, -0.2) is 35.3 Å². The quantitative estimate of drug-likeness (QED) is 0.0642. The van der Waals surface area contributed by atoms with Crippen LogP contribution in [0.25, 0.3) is 0 Å². The fourth-order valence-electron chi connectivity index (χ4n) is 7.25. The molecule has 0 aliphatic heterocycles. The number of hydrogen-bond acceptors (Lipinski definition) is 10. The minimum absolute atomic E-state index is 0.816. The van der Waals surface area contributed by atoms with Crippen LogP contribution < -0.4 is 11.3 Å². The lowest BCUT2D eigenvalue weighted by atomic mass is 10.0. The van der Waals surface area contributed by atoms with Gasteiger partial charge in [-0.1, -0.05) is 243 Å². The van der Waals surface area contributed by atoms with Crippen LogP contribution in [0.3, 0.4) is 0 Å². The standard InChI is InChI=1S/C31H24N4S.C18H13BrN2S.C13H12N2/c1-5-13-24(14-6-1)30(25-15-7-2-8-16-25)34-32-23-29-28(21-22-36-29)33-35-31(26-17-9-3-10-18-26)27-19-11-4-12-20-27;19-16-11-12-22-17(16)13-20-21-18(14-7-3-1-4-8-14)15-9-5-2-6-10-15;14-15-13(11-7-3-1-4-8-11)12-9-5-2-6-10-12/h1-23,33H;1-13H;1-10H,14H2/b32-23+;20-13+;. The maximum Gasteiger partial charge on any atom is 0.100 e. The molecule has 0 saturated carbocycles. The third-order valence-corrected chi connectivity index (χ3v) is 13.5. The summed E-state index contributed by atoms with van der Waals surface area (Å²) in [6.07, 6.45) is 3.56. The van der Waals surface area contributed by atoms with Crippen LogP contribution in [0.1, 0.15) is 54.3 Å². The highest BCUT2D eigenvalue weighted by Crippen LogP contribution is 2.23. The van der Waals surface area contributed by atoms with Crippen LogP contribution >= 0.6 is 38.6 Å². The van der Waals surface area contributed by atoms with Gasteiger partial charge in [0.15, 0.2) is 0 Å². The molecule has 0 aliphatic carbocycles. The molecule has 0 fully saturated rings. The number of nitrogens with zero attached hydrogens (tertiary/aromatic N) is 6. The van der Waals surface area contributed by atoms with E-state index in [4.69, 9.17) is 10.9 Å². The van der Waals surface area contributed by atoms with Crippen LogP contribution in [0.4, 0.5) is 5.69 Å². The topological polar surface area (TPSA) is 112 Å². The normalized spacial score (nSPS) is 10.5. The van der Waals surface area contributed by atoms with Crippen molar-refractivity contribution in [2.75, 3.05) is 5.43 Å². The van der Waals surface area contributed by atoms with Crippen LogP contribution in [0, 0.1) is 0 Å². The summed E-state index contributed by atoms with van der Waals surface area (Å²) in [7, 11) is 0. The molecule has 10 aromatic rings. The second-order valence-corrected chi connectivity index (χ2v) is 18.4. The van der Waals surface area contributed by atoms with Crippen molar-refractivity contribution in [1.29, 1.82) is 0 Å². The van der Waals surface area contributed by atoms with Crippen LogP contribution in [-0.2, 0) is 0 Å². The highest BCUT2D eigenvalue weighted by molar-refractivity contribution is 9.10. The van der Waals surface area contributed by atoms with E-state index in [9.17, 15) is 0 Å². The summed E-state index contributed by atoms with van der Waals surface area (Å²) in [5, 5.41) is 30.4. The zero-order chi connectivity index (χ0) is 50.1. The van der Waals surface area contributed by atoms with Gasteiger partial charge < -0.3 is 5.84 Å². The molecule has 10 rings (SSSR count). The summed E-state index contributed by atoms with van der Waals surface area (Å²) in [5.74, 6) is 5.42. The third-order valence-electron chi connectivity index (χ3n) is 10.8. The van der Waals surface area contributed by atoms with Gasteiger partial charge in [0.2, 0.25) is 0 Å². The maximum atomic E-state index is 5.42. The molecule has 2 aromatic heterocycles. The van der Waals surface area contributed by atoms with Crippen LogP contribution in [0.15, 0.2) is 301 Å². The molecule has 2 heterocycles. The Morgan fingerprint density at radius 2 is 0.644 bits per heavy atom. The molecule has 0 unspecified atom stereocenters. The lowest BCUT2D eigenvalue weighted by molar-refractivity contribution is 1.24. The summed E-state index contributed by atoms with van der Waals surface area (Å²) >= 11 is 6.71. The number of hydrogen-bond donors (Lipinski definition) is 2. The smallest absolute Gasteiger partial charge is 0.100 e. The average Bonchev–Trinajstić information content (AvgIpc) is 4.11. The Morgan fingerprint density at radius 1 is 0.356 bits per heavy atom. The highest BCUT2D eigenvalue weighted by atomic mass is 79.9. The lowest BCUT2D eigenvalue weighted by Crippen LogP contribution is -2.06. The van der Waals surface area contributed by atoms with E-state index in [1.54, 1.807) is 35.1 Å². The summed E-state index contributed by atoms with van der Waals surface area (Å²) in [6.45, 7) is 0. The third kappa shape index (κ3) is 14.9. The fraction of sp³-hybridized carbons (Fsp3) is 0. The van der Waals surface area contributed by atoms with Crippen LogP contribution in [0.5, 0.6) is 0 Å². The van der Waals surface area contributed by atoms with E-state index in [-0.39, 0.29) is 0 Å². The first kappa shape index (κ1) is 50.6. The van der Waals surface area contributed by atoms with E-state index in [1.165, 1.54) is 0 Å². The number of nitrogens with two attached hydrogens (primary N) is 1. The van der Waals surface area contributed by atoms with Gasteiger partial charge in [-0.05, 0) is 38.8 Å². The molecule has 73 heavy (non-hydrogen) atoms. The summed E-state index contributed by atoms with van der Waals surface area (Å²) in [6, 6.07) is 84.6. The Hall–Kier alpha value is -8.74. The minimum atomic E-state index is 0.816. The van der Waals surface area contributed by atoms with E-state index in [2.05, 4.69) is 71.1 Å². The first-order valence-corrected chi connectivity index (χ1v) is 25.8. The van der Waals surface area contributed by atoms with Crippen molar-refractivity contribution in [2.24, 2.45) is 36.5 Å². The molecular weight excluding hydrogens is 1000 g/mol. The zero-order valence-corrected chi connectivity index (χ0v) is 42.7. The molecule has 0 atom stereocenters. The van der Waals surface area contributed by atoms with Gasteiger partial charge in [0.05, 0.1) is 39.3 Å². The van der Waals surface area contributed by atoms with Crippen molar-refractivity contribution in [3.05, 3.63) is 324 Å². The average molecular weight is 1050 g/mol. The van der Waals surface area contributed by atoms with Gasteiger partial charge in [-0.2, -0.15) is 20.4 Å². The Morgan fingerprint density at radius 3 is 0.959 bits per heavy atom. The first-order valence-electron chi connectivity index (χ1n) is 23.2.